The quantitative estimate of drug-likeness (QED) is 0.912. The molecule has 108 valence electrons. The fourth-order valence-corrected chi connectivity index (χ4v) is 2.34. The zero-order valence-corrected chi connectivity index (χ0v) is 11.2. The van der Waals surface area contributed by atoms with Gasteiger partial charge in [-0.15, -0.1) is 0 Å². The van der Waals surface area contributed by atoms with Crippen LogP contribution >= 0.6 is 0 Å². The summed E-state index contributed by atoms with van der Waals surface area (Å²) < 4.78 is 19.2. The maximum atomic E-state index is 13.6. The molecule has 1 amide bonds. The molecule has 4 nitrogen and oxygen atoms in total. The Labute approximate surface area is 121 Å². The number of carbonyl (C=O) groups excluding carboxylic acids is 1. The van der Waals surface area contributed by atoms with Crippen LogP contribution in [0.3, 0.4) is 0 Å². The number of anilines is 1. The minimum Gasteiger partial charge on any atom is -0.457 e. The van der Waals surface area contributed by atoms with Gasteiger partial charge in [-0.25, -0.2) is 4.39 Å². The molecule has 0 saturated carbocycles. The lowest BCUT2D eigenvalue weighted by Crippen LogP contribution is -2.18. The molecular weight excluding hydrogens is 273 g/mol. The zero-order valence-electron chi connectivity index (χ0n) is 11.2. The van der Waals surface area contributed by atoms with E-state index in [4.69, 9.17) is 4.74 Å². The van der Waals surface area contributed by atoms with Gasteiger partial charge < -0.3 is 15.2 Å². The molecule has 2 aromatic rings. The first-order chi connectivity index (χ1) is 10.2. The monoisotopic (exact) mass is 287 g/mol. The minimum absolute atomic E-state index is 0.00358. The van der Waals surface area contributed by atoms with Gasteiger partial charge in [0.15, 0.2) is 0 Å². The average Bonchev–Trinajstić information content (AvgIpc) is 2.48. The van der Waals surface area contributed by atoms with Crippen molar-refractivity contribution in [3.05, 3.63) is 53.3 Å². The number of hydrogen-bond acceptors (Lipinski definition) is 3. The second-order valence-electron chi connectivity index (χ2n) is 4.84. The van der Waals surface area contributed by atoms with Crippen LogP contribution in [0.5, 0.6) is 11.5 Å². The average molecular weight is 287 g/mol. The molecule has 3 rings (SSSR count). The van der Waals surface area contributed by atoms with Crippen LogP contribution in [0.2, 0.25) is 0 Å². The zero-order chi connectivity index (χ0) is 14.8. The first-order valence-corrected chi connectivity index (χ1v) is 6.66. The van der Waals surface area contributed by atoms with Crippen LogP contribution in [0, 0.1) is 5.82 Å². The number of benzene rings is 2. The molecule has 0 unspecified atom stereocenters. The van der Waals surface area contributed by atoms with Gasteiger partial charge in [0, 0.05) is 12.1 Å². The van der Waals surface area contributed by atoms with Gasteiger partial charge in [-0.05, 0) is 42.3 Å². The summed E-state index contributed by atoms with van der Waals surface area (Å²) in [6.07, 6.45) is 1.09. The molecule has 0 aliphatic carbocycles. The number of hydrogen-bond donors (Lipinski definition) is 2. The highest BCUT2D eigenvalue weighted by Gasteiger charge is 2.16. The van der Waals surface area contributed by atoms with E-state index in [0.29, 0.717) is 18.6 Å². The van der Waals surface area contributed by atoms with Crippen LogP contribution in [-0.4, -0.2) is 11.0 Å². The fourth-order valence-electron chi connectivity index (χ4n) is 2.34. The lowest BCUT2D eigenvalue weighted by molar-refractivity contribution is -0.116. The van der Waals surface area contributed by atoms with Gasteiger partial charge >= 0.3 is 0 Å². The molecule has 0 aromatic heterocycles. The Bertz CT molecular complexity index is 700. The van der Waals surface area contributed by atoms with Crippen molar-refractivity contribution in [2.24, 2.45) is 0 Å². The second-order valence-corrected chi connectivity index (χ2v) is 4.84. The van der Waals surface area contributed by atoms with Crippen molar-refractivity contribution in [3.8, 4) is 11.5 Å². The molecule has 5 heteroatoms. The van der Waals surface area contributed by atoms with Crippen molar-refractivity contribution in [1.29, 1.82) is 0 Å². The Morgan fingerprint density at radius 3 is 2.90 bits per heavy atom. The highest BCUT2D eigenvalue weighted by molar-refractivity contribution is 5.94. The second kappa shape index (κ2) is 5.54. The third kappa shape index (κ3) is 2.73. The number of fused-ring (bicyclic) bond motifs is 1. The normalized spacial score (nSPS) is 13.5. The summed E-state index contributed by atoms with van der Waals surface area (Å²) >= 11 is 0. The Kier molecular flexibility index (Phi) is 3.58. The summed E-state index contributed by atoms with van der Waals surface area (Å²) in [5.41, 5.74) is 1.89. The van der Waals surface area contributed by atoms with Crippen molar-refractivity contribution in [1.82, 2.24) is 0 Å². The van der Waals surface area contributed by atoms with Crippen LogP contribution in [0.25, 0.3) is 0 Å². The van der Waals surface area contributed by atoms with Gasteiger partial charge in [-0.3, -0.25) is 4.79 Å². The van der Waals surface area contributed by atoms with Crippen LogP contribution < -0.4 is 10.1 Å². The van der Waals surface area contributed by atoms with Crippen molar-refractivity contribution in [2.45, 2.75) is 19.4 Å². The molecule has 0 bridgehead atoms. The van der Waals surface area contributed by atoms with E-state index in [-0.39, 0.29) is 17.2 Å². The van der Waals surface area contributed by atoms with Gasteiger partial charge in [-0.2, -0.15) is 0 Å². The number of rotatable bonds is 3. The summed E-state index contributed by atoms with van der Waals surface area (Å²) in [7, 11) is 0. The molecule has 0 spiro atoms. The molecule has 2 N–H and O–H groups in total. The first kappa shape index (κ1) is 13.6. The van der Waals surface area contributed by atoms with Crippen LogP contribution in [-0.2, 0) is 17.8 Å². The van der Waals surface area contributed by atoms with E-state index in [1.807, 2.05) is 6.07 Å². The molecule has 0 radical (unpaired) electrons. The van der Waals surface area contributed by atoms with Gasteiger partial charge in [-0.1, -0.05) is 6.07 Å². The lowest BCUT2D eigenvalue weighted by Gasteiger charge is -2.18. The fraction of sp³-hybridized carbons (Fsp3) is 0.188. The van der Waals surface area contributed by atoms with Crippen molar-refractivity contribution >= 4 is 11.6 Å². The molecule has 2 aromatic carbocycles. The highest BCUT2D eigenvalue weighted by Crippen LogP contribution is 2.31. The van der Waals surface area contributed by atoms with Crippen LogP contribution in [0.15, 0.2) is 36.4 Å². The predicted molar refractivity (Wildman–Crippen MR) is 75.8 cm³/mol. The summed E-state index contributed by atoms with van der Waals surface area (Å²) in [4.78, 5) is 11.3. The smallest absolute Gasteiger partial charge is 0.224 e. The molecular formula is C16H14FNO3. The van der Waals surface area contributed by atoms with Crippen LogP contribution in [0.4, 0.5) is 10.1 Å². The molecule has 0 fully saturated rings. The summed E-state index contributed by atoms with van der Waals surface area (Å²) in [5, 5.41) is 12.0. The molecule has 21 heavy (non-hydrogen) atoms. The summed E-state index contributed by atoms with van der Waals surface area (Å²) in [5.74, 6) is 0.339. The van der Waals surface area contributed by atoms with Crippen molar-refractivity contribution in [3.63, 3.8) is 0 Å². The maximum Gasteiger partial charge on any atom is 0.224 e. The third-order valence-electron chi connectivity index (χ3n) is 3.43. The Balaban J connectivity index is 1.89. The van der Waals surface area contributed by atoms with E-state index in [2.05, 4.69) is 5.32 Å². The topological polar surface area (TPSA) is 58.6 Å². The van der Waals surface area contributed by atoms with Crippen LogP contribution in [0.1, 0.15) is 17.5 Å². The number of ether oxygens (including phenoxy) is 1. The number of aliphatic hydroxyl groups excluding tert-OH is 1. The Morgan fingerprint density at radius 1 is 1.24 bits per heavy atom. The van der Waals surface area contributed by atoms with Crippen molar-refractivity contribution < 1.29 is 19.0 Å². The summed E-state index contributed by atoms with van der Waals surface area (Å²) in [6.45, 7) is -0.428. The summed E-state index contributed by atoms with van der Waals surface area (Å²) in [6, 6.07) is 9.70. The van der Waals surface area contributed by atoms with Gasteiger partial charge in [0.05, 0.1) is 12.2 Å². The van der Waals surface area contributed by atoms with E-state index in [9.17, 15) is 14.3 Å². The van der Waals surface area contributed by atoms with Gasteiger partial charge in [0.2, 0.25) is 5.91 Å². The number of nitrogens with one attached hydrogen (secondary N) is 1. The lowest BCUT2D eigenvalue weighted by atomic mass is 10.0. The van der Waals surface area contributed by atoms with Crippen molar-refractivity contribution in [2.75, 3.05) is 5.32 Å². The SMILES string of the molecule is O=C1CCc2cc(Oc3cccc(F)c3CO)ccc2N1. The largest absolute Gasteiger partial charge is 0.457 e. The highest BCUT2D eigenvalue weighted by atomic mass is 19.1. The third-order valence-corrected chi connectivity index (χ3v) is 3.43. The predicted octanol–water partition coefficient (Wildman–Crippen LogP) is 3.00. The first-order valence-electron chi connectivity index (χ1n) is 6.66. The Morgan fingerprint density at radius 2 is 2.10 bits per heavy atom. The number of amides is 1. The Hall–Kier alpha value is -2.40. The van der Waals surface area contributed by atoms with E-state index < -0.39 is 12.4 Å². The molecule has 1 aliphatic heterocycles. The molecule has 0 saturated heterocycles. The van der Waals surface area contributed by atoms with Gasteiger partial charge in [0.1, 0.15) is 17.3 Å². The number of halogens is 1. The number of aryl methyl sites for hydroxylation is 1. The van der Waals surface area contributed by atoms with Gasteiger partial charge in [0.25, 0.3) is 0 Å². The van der Waals surface area contributed by atoms with E-state index in [1.54, 1.807) is 18.2 Å². The van der Waals surface area contributed by atoms with E-state index >= 15 is 0 Å². The molecule has 0 atom stereocenters. The molecule has 1 aliphatic rings. The maximum absolute atomic E-state index is 13.6. The standard InChI is InChI=1S/C16H14FNO3/c17-13-2-1-3-15(12(13)9-19)21-11-5-6-14-10(8-11)4-7-16(20)18-14/h1-3,5-6,8,19H,4,7,9H2,(H,18,20). The number of aliphatic hydroxyl groups is 1. The number of carbonyl (C=O) groups is 1. The van der Waals surface area contributed by atoms with E-state index in [1.165, 1.54) is 12.1 Å². The van der Waals surface area contributed by atoms with E-state index in [0.717, 1.165) is 11.3 Å². The molecule has 1 heterocycles. The minimum atomic E-state index is -0.500.